The molecule has 29 heavy (non-hydrogen) atoms. The fourth-order valence-corrected chi connectivity index (χ4v) is 3.49. The first-order chi connectivity index (χ1) is 13.9. The first-order valence-corrected chi connectivity index (χ1v) is 9.93. The van der Waals surface area contributed by atoms with E-state index < -0.39 is 18.1 Å². The quantitative estimate of drug-likeness (QED) is 0.432. The maximum Gasteiger partial charge on any atom is 0.341 e. The molecule has 3 rings (SSSR count). The van der Waals surface area contributed by atoms with Crippen LogP contribution in [-0.2, 0) is 4.74 Å². The van der Waals surface area contributed by atoms with Gasteiger partial charge < -0.3 is 14.2 Å². The minimum absolute atomic E-state index is 0.0309. The lowest BCUT2D eigenvalue weighted by atomic mass is 9.87. The molecule has 3 atom stereocenters. The summed E-state index contributed by atoms with van der Waals surface area (Å²) >= 11 is 0. The fraction of sp³-hybridized carbons (Fsp3) is 0.375. The predicted molar refractivity (Wildman–Crippen MR) is 110 cm³/mol. The van der Waals surface area contributed by atoms with Crippen molar-refractivity contribution in [3.05, 3.63) is 71.1 Å². The summed E-state index contributed by atoms with van der Waals surface area (Å²) in [5, 5.41) is 0. The molecule has 0 aromatic heterocycles. The maximum absolute atomic E-state index is 14.5. The van der Waals surface area contributed by atoms with Crippen LogP contribution in [0.3, 0.4) is 0 Å². The predicted octanol–water partition coefficient (Wildman–Crippen LogP) is 5.88. The second-order valence-electron chi connectivity index (χ2n) is 7.57. The van der Waals surface area contributed by atoms with E-state index in [9.17, 15) is 9.18 Å². The van der Waals surface area contributed by atoms with Crippen molar-refractivity contribution in [3.63, 3.8) is 0 Å². The molecule has 0 saturated carbocycles. The molecule has 4 nitrogen and oxygen atoms in total. The molecule has 2 aromatic rings. The molecule has 0 fully saturated rings. The Kier molecular flexibility index (Phi) is 6.57. The molecular weight excluding hydrogens is 371 g/mol. The number of esters is 1. The standard InChI is InChI=1S/C24H27FO4/c1-5-23-28-21-12-18(20(25)13-22(21)29-23)24(26)27-14-19(16(4)11-15(2)3)17-9-7-6-8-10-17/h6-13,16,19,23H,5,14H2,1-4H3. The highest BCUT2D eigenvalue weighted by Crippen LogP contribution is 2.38. The maximum atomic E-state index is 14.5. The van der Waals surface area contributed by atoms with Crippen molar-refractivity contribution in [2.75, 3.05) is 6.61 Å². The number of hydrogen-bond donors (Lipinski definition) is 0. The molecule has 0 saturated heterocycles. The lowest BCUT2D eigenvalue weighted by Crippen LogP contribution is -2.19. The smallest absolute Gasteiger partial charge is 0.341 e. The van der Waals surface area contributed by atoms with Crippen LogP contribution in [0.25, 0.3) is 0 Å². The normalized spacial score (nSPS) is 16.8. The van der Waals surface area contributed by atoms with Gasteiger partial charge in [0.2, 0.25) is 6.29 Å². The average Bonchev–Trinajstić information content (AvgIpc) is 3.09. The van der Waals surface area contributed by atoms with E-state index in [0.717, 1.165) is 5.56 Å². The minimum atomic E-state index is -0.709. The number of benzene rings is 2. The second kappa shape index (κ2) is 9.12. The molecule has 0 spiro atoms. The molecule has 154 valence electrons. The van der Waals surface area contributed by atoms with Crippen molar-refractivity contribution in [3.8, 4) is 11.5 Å². The van der Waals surface area contributed by atoms with Gasteiger partial charge in [0.15, 0.2) is 11.5 Å². The van der Waals surface area contributed by atoms with Gasteiger partial charge in [0, 0.05) is 24.5 Å². The first-order valence-electron chi connectivity index (χ1n) is 9.93. The Labute approximate surface area is 171 Å². The van der Waals surface area contributed by atoms with E-state index in [4.69, 9.17) is 14.2 Å². The summed E-state index contributed by atoms with van der Waals surface area (Å²) in [5.74, 6) is -0.589. The molecule has 5 heteroatoms. The SMILES string of the molecule is CCC1Oc2cc(F)c(C(=O)OCC(c3ccccc3)C(C)C=C(C)C)cc2O1. The number of hydrogen-bond acceptors (Lipinski definition) is 4. The van der Waals surface area contributed by atoms with Gasteiger partial charge in [0.05, 0.1) is 12.2 Å². The third-order valence-corrected chi connectivity index (χ3v) is 4.96. The largest absolute Gasteiger partial charge is 0.461 e. The number of fused-ring (bicyclic) bond motifs is 1. The van der Waals surface area contributed by atoms with Crippen molar-refractivity contribution in [2.45, 2.75) is 46.3 Å². The van der Waals surface area contributed by atoms with Crippen molar-refractivity contribution in [2.24, 2.45) is 5.92 Å². The van der Waals surface area contributed by atoms with Crippen LogP contribution in [0.15, 0.2) is 54.1 Å². The summed E-state index contributed by atoms with van der Waals surface area (Å²) in [4.78, 5) is 12.6. The second-order valence-corrected chi connectivity index (χ2v) is 7.57. The molecule has 0 amide bonds. The first kappa shape index (κ1) is 20.9. The minimum Gasteiger partial charge on any atom is -0.461 e. The van der Waals surface area contributed by atoms with Crippen LogP contribution in [0.5, 0.6) is 11.5 Å². The zero-order chi connectivity index (χ0) is 21.0. The zero-order valence-corrected chi connectivity index (χ0v) is 17.3. The molecule has 3 unspecified atom stereocenters. The Morgan fingerprint density at radius 2 is 1.83 bits per heavy atom. The zero-order valence-electron chi connectivity index (χ0n) is 17.3. The Morgan fingerprint density at radius 3 is 2.45 bits per heavy atom. The van der Waals surface area contributed by atoms with E-state index >= 15 is 0 Å². The molecular formula is C24H27FO4. The summed E-state index contributed by atoms with van der Waals surface area (Å²) < 4.78 is 31.0. The van der Waals surface area contributed by atoms with Crippen molar-refractivity contribution >= 4 is 5.97 Å². The third-order valence-electron chi connectivity index (χ3n) is 4.96. The highest BCUT2D eigenvalue weighted by molar-refractivity contribution is 5.90. The summed E-state index contributed by atoms with van der Waals surface area (Å²) in [6.07, 6.45) is 2.32. The topological polar surface area (TPSA) is 44.8 Å². The number of allylic oxidation sites excluding steroid dienone is 2. The summed E-state index contributed by atoms with van der Waals surface area (Å²) in [6, 6.07) is 12.4. The van der Waals surface area contributed by atoms with Crippen LogP contribution in [0, 0.1) is 11.7 Å². The van der Waals surface area contributed by atoms with E-state index in [1.807, 2.05) is 51.1 Å². The van der Waals surface area contributed by atoms with Crippen LogP contribution in [0.1, 0.15) is 56.0 Å². The molecule has 2 aromatic carbocycles. The van der Waals surface area contributed by atoms with Crippen LogP contribution >= 0.6 is 0 Å². The van der Waals surface area contributed by atoms with Crippen molar-refractivity contribution < 1.29 is 23.4 Å². The molecule has 0 N–H and O–H groups in total. The molecule has 0 bridgehead atoms. The van der Waals surface area contributed by atoms with E-state index in [-0.39, 0.29) is 24.0 Å². The van der Waals surface area contributed by atoms with Gasteiger partial charge >= 0.3 is 5.97 Å². The van der Waals surface area contributed by atoms with E-state index in [0.29, 0.717) is 17.9 Å². The fourth-order valence-electron chi connectivity index (χ4n) is 3.49. The Balaban J connectivity index is 1.76. The van der Waals surface area contributed by atoms with Gasteiger partial charge in [-0.05, 0) is 25.3 Å². The number of rotatable bonds is 7. The van der Waals surface area contributed by atoms with E-state index in [1.165, 1.54) is 17.7 Å². The lowest BCUT2D eigenvalue weighted by molar-refractivity contribution is 0.0444. The van der Waals surface area contributed by atoms with Gasteiger partial charge in [-0.2, -0.15) is 0 Å². The summed E-state index contributed by atoms with van der Waals surface area (Å²) in [7, 11) is 0. The van der Waals surface area contributed by atoms with E-state index in [2.05, 4.69) is 13.0 Å². The Hall–Kier alpha value is -2.82. The molecule has 0 aliphatic carbocycles. The molecule has 0 radical (unpaired) electrons. The lowest BCUT2D eigenvalue weighted by Gasteiger charge is -2.22. The Bertz CT molecular complexity index is 887. The number of carbonyl (C=O) groups excluding carboxylic acids is 1. The highest BCUT2D eigenvalue weighted by atomic mass is 19.1. The van der Waals surface area contributed by atoms with Crippen LogP contribution in [0.2, 0.25) is 0 Å². The molecule has 1 heterocycles. The van der Waals surface area contributed by atoms with Crippen LogP contribution in [-0.4, -0.2) is 18.9 Å². The van der Waals surface area contributed by atoms with Gasteiger partial charge in [0.25, 0.3) is 0 Å². The monoisotopic (exact) mass is 398 g/mol. The van der Waals surface area contributed by atoms with Gasteiger partial charge in [-0.15, -0.1) is 0 Å². The number of ether oxygens (including phenoxy) is 3. The van der Waals surface area contributed by atoms with Crippen LogP contribution in [0.4, 0.5) is 4.39 Å². The van der Waals surface area contributed by atoms with Gasteiger partial charge in [-0.1, -0.05) is 55.8 Å². The van der Waals surface area contributed by atoms with Gasteiger partial charge in [0.1, 0.15) is 5.82 Å². The Morgan fingerprint density at radius 1 is 1.17 bits per heavy atom. The average molecular weight is 398 g/mol. The van der Waals surface area contributed by atoms with Gasteiger partial charge in [-0.25, -0.2) is 9.18 Å². The van der Waals surface area contributed by atoms with E-state index in [1.54, 1.807) is 0 Å². The third kappa shape index (κ3) is 4.97. The summed E-state index contributed by atoms with van der Waals surface area (Å²) in [5.41, 5.74) is 2.12. The molecule has 1 aliphatic heterocycles. The van der Waals surface area contributed by atoms with Gasteiger partial charge in [-0.3, -0.25) is 0 Å². The number of halogens is 1. The van der Waals surface area contributed by atoms with Crippen molar-refractivity contribution in [1.82, 2.24) is 0 Å². The van der Waals surface area contributed by atoms with Crippen LogP contribution < -0.4 is 9.47 Å². The number of carbonyl (C=O) groups is 1. The molecule has 1 aliphatic rings. The summed E-state index contributed by atoms with van der Waals surface area (Å²) in [6.45, 7) is 8.22. The highest BCUT2D eigenvalue weighted by Gasteiger charge is 2.28. The van der Waals surface area contributed by atoms with Crippen molar-refractivity contribution in [1.29, 1.82) is 0 Å².